The molecule has 0 saturated heterocycles. The van der Waals surface area contributed by atoms with Crippen LogP contribution < -0.4 is 14.5 Å². The number of fused-ring (bicyclic) bond motifs is 8. The maximum atomic E-state index is 7.24. The Morgan fingerprint density at radius 2 is 1.07 bits per heavy atom. The standard InChI is InChI=1S/C65H48N4O/c1-42(2)36-43-34-35-66-61(37-43)69-59-33-17-30-55-62(59)63-56(65(55)53-28-11-9-24-51(53)52-25-10-12-29-54(52)65)39-48(40-60(63)69)70-47-23-15-22-46(38-47)67-41-68(58-32-14-13-31-57(58)67)64-49(44-18-5-3-6-19-44)26-16-27-50(64)45-20-7-4-8-21-45/h3-35,37-40,42H,36,41H2,1-2H3. The van der Waals surface area contributed by atoms with Gasteiger partial charge in [0, 0.05) is 45.9 Å². The topological polar surface area (TPSA) is 33.5 Å². The second-order valence-corrected chi connectivity index (χ2v) is 19.4. The number of ether oxygens (including phenoxy) is 1. The van der Waals surface area contributed by atoms with Crippen LogP contribution in [0.4, 0.5) is 22.7 Å². The van der Waals surface area contributed by atoms with Crippen molar-refractivity contribution in [3.63, 3.8) is 0 Å². The van der Waals surface area contributed by atoms with Crippen LogP contribution in [0, 0.1) is 5.92 Å². The highest BCUT2D eigenvalue weighted by Gasteiger charge is 2.52. The van der Waals surface area contributed by atoms with Crippen LogP contribution in [0.3, 0.4) is 0 Å². The van der Waals surface area contributed by atoms with Crippen molar-refractivity contribution in [3.8, 4) is 50.7 Å². The van der Waals surface area contributed by atoms with Gasteiger partial charge in [-0.3, -0.25) is 4.57 Å². The van der Waals surface area contributed by atoms with E-state index in [-0.39, 0.29) is 0 Å². The van der Waals surface area contributed by atoms with Gasteiger partial charge in [0.05, 0.1) is 33.5 Å². The van der Waals surface area contributed by atoms with Crippen LogP contribution in [0.25, 0.3) is 61.0 Å². The highest BCUT2D eigenvalue weighted by atomic mass is 16.5. The summed E-state index contributed by atoms with van der Waals surface area (Å²) >= 11 is 0. The number of hydrogen-bond acceptors (Lipinski definition) is 4. The summed E-state index contributed by atoms with van der Waals surface area (Å²) in [4.78, 5) is 9.97. The van der Waals surface area contributed by atoms with Gasteiger partial charge in [-0.05, 0) is 111 Å². The van der Waals surface area contributed by atoms with Gasteiger partial charge in [-0.1, -0.05) is 172 Å². The van der Waals surface area contributed by atoms with E-state index in [9.17, 15) is 0 Å². The molecule has 0 fully saturated rings. The summed E-state index contributed by atoms with van der Waals surface area (Å²) in [5.74, 6) is 3.00. The Morgan fingerprint density at radius 1 is 0.486 bits per heavy atom. The average molecular weight is 901 g/mol. The molecule has 70 heavy (non-hydrogen) atoms. The monoisotopic (exact) mass is 900 g/mol. The Balaban J connectivity index is 0.919. The zero-order chi connectivity index (χ0) is 46.5. The molecule has 0 amide bonds. The molecule has 0 saturated carbocycles. The van der Waals surface area contributed by atoms with E-state index in [2.05, 4.69) is 247 Å². The van der Waals surface area contributed by atoms with Gasteiger partial charge in [-0.15, -0.1) is 0 Å². The number of aromatic nitrogens is 2. The Bertz CT molecular complexity index is 3770. The molecule has 1 aliphatic heterocycles. The summed E-state index contributed by atoms with van der Waals surface area (Å²) in [6, 6.07) is 79.5. The van der Waals surface area contributed by atoms with Gasteiger partial charge < -0.3 is 14.5 Å². The highest BCUT2D eigenvalue weighted by Crippen LogP contribution is 2.64. The van der Waals surface area contributed by atoms with E-state index >= 15 is 0 Å². The lowest BCUT2D eigenvalue weighted by atomic mass is 9.70. The molecule has 1 spiro atoms. The second kappa shape index (κ2) is 15.7. The summed E-state index contributed by atoms with van der Waals surface area (Å²) in [7, 11) is 0. The number of anilines is 4. The summed E-state index contributed by atoms with van der Waals surface area (Å²) in [5.41, 5.74) is 20.0. The molecule has 0 bridgehead atoms. The van der Waals surface area contributed by atoms with Crippen molar-refractivity contribution in [2.45, 2.75) is 25.7 Å². The minimum atomic E-state index is -0.514. The fourth-order valence-corrected chi connectivity index (χ4v) is 12.2. The molecule has 0 radical (unpaired) electrons. The van der Waals surface area contributed by atoms with Crippen LogP contribution >= 0.6 is 0 Å². The van der Waals surface area contributed by atoms with Crippen LogP contribution in [0.1, 0.15) is 41.7 Å². The van der Waals surface area contributed by atoms with Gasteiger partial charge in [0.2, 0.25) is 0 Å². The second-order valence-electron chi connectivity index (χ2n) is 19.4. The zero-order valence-electron chi connectivity index (χ0n) is 39.1. The molecule has 14 rings (SSSR count). The molecule has 3 aliphatic rings. The van der Waals surface area contributed by atoms with Crippen molar-refractivity contribution in [2.24, 2.45) is 5.92 Å². The third-order valence-electron chi connectivity index (χ3n) is 14.9. The Morgan fingerprint density at radius 3 is 1.77 bits per heavy atom. The minimum absolute atomic E-state index is 0.514. The molecule has 11 aromatic rings. The van der Waals surface area contributed by atoms with Crippen molar-refractivity contribution < 1.29 is 4.74 Å². The summed E-state index contributed by atoms with van der Waals surface area (Å²) in [6.45, 7) is 5.17. The van der Waals surface area contributed by atoms with Crippen molar-refractivity contribution >= 4 is 44.6 Å². The van der Waals surface area contributed by atoms with Crippen molar-refractivity contribution in [3.05, 3.63) is 252 Å². The minimum Gasteiger partial charge on any atom is -0.457 e. The summed E-state index contributed by atoms with van der Waals surface area (Å²) in [5, 5.41) is 2.54. The van der Waals surface area contributed by atoms with E-state index in [1.54, 1.807) is 0 Å². The molecule has 0 N–H and O–H groups in total. The first-order valence-corrected chi connectivity index (χ1v) is 24.5. The first-order valence-electron chi connectivity index (χ1n) is 24.5. The van der Waals surface area contributed by atoms with Crippen LogP contribution in [0.5, 0.6) is 11.5 Å². The van der Waals surface area contributed by atoms with E-state index in [1.807, 2.05) is 6.20 Å². The fraction of sp³-hybridized carbons (Fsp3) is 0.0923. The maximum absolute atomic E-state index is 7.24. The SMILES string of the molecule is CC(C)Cc1ccnc(-n2c3cccc4c3c3c(cc(Oc5cccc(N6CN(c7c(-c8ccccc8)cccc7-c7ccccc7)c7ccccc76)c5)cc32)C42c3ccccc3-c3ccccc32)c1. The Kier molecular flexibility index (Phi) is 9.06. The largest absolute Gasteiger partial charge is 0.457 e. The average Bonchev–Trinajstić information content (AvgIpc) is 4.13. The molecular formula is C65H48N4O. The fourth-order valence-electron chi connectivity index (χ4n) is 12.2. The number of pyridine rings is 1. The zero-order valence-corrected chi connectivity index (χ0v) is 39.1. The smallest absolute Gasteiger partial charge is 0.137 e. The van der Waals surface area contributed by atoms with E-state index in [1.165, 1.54) is 77.7 Å². The van der Waals surface area contributed by atoms with Crippen molar-refractivity contribution in [1.29, 1.82) is 0 Å². The predicted molar refractivity (Wildman–Crippen MR) is 287 cm³/mol. The third kappa shape index (κ3) is 5.94. The lowest BCUT2D eigenvalue weighted by Gasteiger charge is -2.31. The molecule has 0 atom stereocenters. The van der Waals surface area contributed by atoms with Crippen molar-refractivity contribution in [2.75, 3.05) is 16.5 Å². The molecule has 334 valence electrons. The van der Waals surface area contributed by atoms with E-state index < -0.39 is 5.41 Å². The van der Waals surface area contributed by atoms with Gasteiger partial charge in [0.15, 0.2) is 0 Å². The van der Waals surface area contributed by atoms with Crippen LogP contribution in [0.15, 0.2) is 225 Å². The van der Waals surface area contributed by atoms with Crippen LogP contribution in [-0.2, 0) is 11.8 Å². The molecule has 9 aromatic carbocycles. The predicted octanol–water partition coefficient (Wildman–Crippen LogP) is 16.4. The molecule has 0 unspecified atom stereocenters. The lowest BCUT2D eigenvalue weighted by molar-refractivity contribution is 0.482. The van der Waals surface area contributed by atoms with Gasteiger partial charge in [0.25, 0.3) is 0 Å². The van der Waals surface area contributed by atoms with Gasteiger partial charge in [-0.25, -0.2) is 4.98 Å². The number of benzene rings is 9. The van der Waals surface area contributed by atoms with E-state index in [0.29, 0.717) is 12.6 Å². The van der Waals surface area contributed by atoms with Gasteiger partial charge >= 0.3 is 0 Å². The first-order chi connectivity index (χ1) is 34.5. The van der Waals surface area contributed by atoms with Gasteiger partial charge in [0.1, 0.15) is 24.0 Å². The number of nitrogens with zero attached hydrogens (tertiary/aromatic N) is 4. The quantitative estimate of drug-likeness (QED) is 0.145. The lowest BCUT2D eigenvalue weighted by Crippen LogP contribution is -2.26. The Labute approximate surface area is 408 Å². The summed E-state index contributed by atoms with van der Waals surface area (Å²) < 4.78 is 9.61. The maximum Gasteiger partial charge on any atom is 0.137 e. The van der Waals surface area contributed by atoms with E-state index in [4.69, 9.17) is 9.72 Å². The highest BCUT2D eigenvalue weighted by molar-refractivity contribution is 6.19. The number of para-hydroxylation sites is 3. The summed E-state index contributed by atoms with van der Waals surface area (Å²) in [6.07, 6.45) is 2.95. The molecular weight excluding hydrogens is 853 g/mol. The molecule has 2 aliphatic carbocycles. The van der Waals surface area contributed by atoms with E-state index in [0.717, 1.165) is 51.8 Å². The molecule has 5 heteroatoms. The molecule has 2 aromatic heterocycles. The number of rotatable bonds is 9. The van der Waals surface area contributed by atoms with Crippen LogP contribution in [-0.4, -0.2) is 16.2 Å². The molecule has 5 nitrogen and oxygen atoms in total. The van der Waals surface area contributed by atoms with Gasteiger partial charge in [-0.2, -0.15) is 0 Å². The van der Waals surface area contributed by atoms with Crippen molar-refractivity contribution in [1.82, 2.24) is 9.55 Å². The van der Waals surface area contributed by atoms with Crippen LogP contribution in [0.2, 0.25) is 0 Å². The first kappa shape index (κ1) is 40.4. The number of hydrogen-bond donors (Lipinski definition) is 0. The molecule has 3 heterocycles. The third-order valence-corrected chi connectivity index (χ3v) is 14.9. The Hall–Kier alpha value is -8.67. The normalized spacial score (nSPS) is 13.8.